The quantitative estimate of drug-likeness (QED) is 0.118. The lowest BCUT2D eigenvalue weighted by Gasteiger charge is -2.12. The first-order valence-electron chi connectivity index (χ1n) is 15.6. The van der Waals surface area contributed by atoms with Gasteiger partial charge in [-0.15, -0.1) is 0 Å². The number of aromatic hydroxyl groups is 1. The zero-order valence-electron chi connectivity index (χ0n) is 24.7. The van der Waals surface area contributed by atoms with Crippen LogP contribution in [0.5, 0.6) is 23.0 Å². The minimum absolute atomic E-state index is 0.101. The molecule has 0 aliphatic carbocycles. The minimum atomic E-state index is -1.04. The summed E-state index contributed by atoms with van der Waals surface area (Å²) in [7, 11) is 0. The second-order valence-electron chi connectivity index (χ2n) is 10.7. The molecule has 0 heterocycles. The summed E-state index contributed by atoms with van der Waals surface area (Å²) in [6.45, 7) is 3.62. The molecule has 2 rings (SSSR count). The molecule has 0 unspecified atom stereocenters. The standard InChI is InChI=1S/C34H52O6/c1-2-3-4-5-6-7-8-9-10-11-12-13-14-15-16-17-25-39-31-23-24-33(32(28-31)34(36)37)40-27-18-26-38-30-21-19-29(35)20-22-30/h19-24,28,35H,2-18,25-27H2,1H3,(H,36,37). The first-order valence-corrected chi connectivity index (χ1v) is 15.6. The minimum Gasteiger partial charge on any atom is -0.508 e. The second kappa shape index (κ2) is 21.9. The van der Waals surface area contributed by atoms with Gasteiger partial charge in [0.05, 0.1) is 19.8 Å². The van der Waals surface area contributed by atoms with Gasteiger partial charge in [-0.3, -0.25) is 0 Å². The fourth-order valence-electron chi connectivity index (χ4n) is 4.71. The lowest BCUT2D eigenvalue weighted by Crippen LogP contribution is -2.08. The Labute approximate surface area is 242 Å². The number of ether oxygens (including phenoxy) is 3. The van der Waals surface area contributed by atoms with Crippen molar-refractivity contribution in [2.75, 3.05) is 19.8 Å². The molecule has 0 fully saturated rings. The molecule has 224 valence electrons. The molecular weight excluding hydrogens is 504 g/mol. The Morgan fingerprint density at radius 1 is 0.575 bits per heavy atom. The Morgan fingerprint density at radius 2 is 1.02 bits per heavy atom. The molecule has 0 saturated carbocycles. The summed E-state index contributed by atoms with van der Waals surface area (Å²) in [5, 5.41) is 18.9. The molecule has 0 aromatic heterocycles. The topological polar surface area (TPSA) is 85.2 Å². The van der Waals surface area contributed by atoms with Crippen molar-refractivity contribution < 1.29 is 29.2 Å². The molecule has 6 heteroatoms. The third kappa shape index (κ3) is 15.6. The number of unbranched alkanes of at least 4 members (excludes halogenated alkanes) is 15. The molecule has 0 saturated heterocycles. The predicted octanol–water partition coefficient (Wildman–Crippen LogP) is 9.58. The number of hydrogen-bond donors (Lipinski definition) is 2. The maximum atomic E-state index is 11.7. The van der Waals surface area contributed by atoms with Crippen molar-refractivity contribution in [3.8, 4) is 23.0 Å². The molecule has 0 spiro atoms. The van der Waals surface area contributed by atoms with Gasteiger partial charge in [0, 0.05) is 6.42 Å². The summed E-state index contributed by atoms with van der Waals surface area (Å²) in [6, 6.07) is 11.5. The SMILES string of the molecule is CCCCCCCCCCCCCCCCCCOc1ccc(OCCCOc2ccc(O)cc2)c(C(=O)O)c1. The van der Waals surface area contributed by atoms with Crippen LogP contribution in [0.15, 0.2) is 42.5 Å². The van der Waals surface area contributed by atoms with Crippen molar-refractivity contribution >= 4 is 5.97 Å². The number of hydrogen-bond acceptors (Lipinski definition) is 5. The van der Waals surface area contributed by atoms with E-state index in [1.807, 2.05) is 0 Å². The lowest BCUT2D eigenvalue weighted by atomic mass is 10.0. The first-order chi connectivity index (χ1) is 19.6. The van der Waals surface area contributed by atoms with E-state index in [2.05, 4.69) is 6.92 Å². The third-order valence-corrected chi connectivity index (χ3v) is 7.10. The van der Waals surface area contributed by atoms with E-state index in [0.29, 0.717) is 43.5 Å². The van der Waals surface area contributed by atoms with Gasteiger partial charge in [0.25, 0.3) is 0 Å². The molecule has 0 atom stereocenters. The van der Waals surface area contributed by atoms with Crippen molar-refractivity contribution in [2.45, 2.75) is 116 Å². The average molecular weight is 557 g/mol. The number of carbonyl (C=O) groups is 1. The molecule has 0 radical (unpaired) electrons. The third-order valence-electron chi connectivity index (χ3n) is 7.10. The van der Waals surface area contributed by atoms with Gasteiger partial charge in [-0.2, -0.15) is 0 Å². The molecule has 40 heavy (non-hydrogen) atoms. The van der Waals surface area contributed by atoms with Gasteiger partial charge in [0.1, 0.15) is 28.6 Å². The Morgan fingerprint density at radius 3 is 1.57 bits per heavy atom. The van der Waals surface area contributed by atoms with Gasteiger partial charge < -0.3 is 24.4 Å². The van der Waals surface area contributed by atoms with Crippen molar-refractivity contribution in [1.29, 1.82) is 0 Å². The van der Waals surface area contributed by atoms with E-state index in [1.54, 1.807) is 36.4 Å². The first kappa shape index (κ1) is 33.3. The normalized spacial score (nSPS) is 10.9. The van der Waals surface area contributed by atoms with Crippen LogP contribution in [0.1, 0.15) is 126 Å². The zero-order valence-corrected chi connectivity index (χ0v) is 24.7. The average Bonchev–Trinajstić information content (AvgIpc) is 2.96. The van der Waals surface area contributed by atoms with E-state index in [-0.39, 0.29) is 11.3 Å². The molecule has 0 bridgehead atoms. The number of phenols is 1. The van der Waals surface area contributed by atoms with Gasteiger partial charge in [-0.25, -0.2) is 4.79 Å². The molecule has 0 amide bonds. The van der Waals surface area contributed by atoms with Crippen molar-refractivity contribution in [3.05, 3.63) is 48.0 Å². The number of rotatable bonds is 25. The second-order valence-corrected chi connectivity index (χ2v) is 10.7. The molecule has 6 nitrogen and oxygen atoms in total. The predicted molar refractivity (Wildman–Crippen MR) is 162 cm³/mol. The largest absolute Gasteiger partial charge is 0.508 e. The van der Waals surface area contributed by atoms with Crippen LogP contribution in [0.25, 0.3) is 0 Å². The van der Waals surface area contributed by atoms with Crippen LogP contribution < -0.4 is 14.2 Å². The Hall–Kier alpha value is -2.89. The van der Waals surface area contributed by atoms with Crippen LogP contribution in [-0.2, 0) is 0 Å². The van der Waals surface area contributed by atoms with E-state index in [0.717, 1.165) is 12.8 Å². The number of aromatic carboxylic acids is 1. The van der Waals surface area contributed by atoms with Crippen LogP contribution in [0, 0.1) is 0 Å². The van der Waals surface area contributed by atoms with Crippen LogP contribution in [-0.4, -0.2) is 36.0 Å². The van der Waals surface area contributed by atoms with Crippen LogP contribution in [0.3, 0.4) is 0 Å². The highest BCUT2D eigenvalue weighted by molar-refractivity contribution is 5.91. The summed E-state index contributed by atoms with van der Waals surface area (Å²) >= 11 is 0. The molecule has 2 N–H and O–H groups in total. The van der Waals surface area contributed by atoms with E-state index in [9.17, 15) is 15.0 Å². The van der Waals surface area contributed by atoms with Crippen LogP contribution >= 0.6 is 0 Å². The maximum absolute atomic E-state index is 11.7. The van der Waals surface area contributed by atoms with Crippen molar-refractivity contribution in [2.24, 2.45) is 0 Å². The Balaban J connectivity index is 1.48. The number of phenolic OH excluding ortho intramolecular Hbond substituents is 1. The number of carboxylic acids is 1. The Kier molecular flexibility index (Phi) is 18.2. The van der Waals surface area contributed by atoms with Crippen LogP contribution in [0.2, 0.25) is 0 Å². The zero-order chi connectivity index (χ0) is 28.7. The smallest absolute Gasteiger partial charge is 0.339 e. The van der Waals surface area contributed by atoms with Gasteiger partial charge in [-0.1, -0.05) is 103 Å². The lowest BCUT2D eigenvalue weighted by molar-refractivity contribution is 0.0691. The Bertz CT molecular complexity index is 911. The van der Waals surface area contributed by atoms with E-state index in [4.69, 9.17) is 14.2 Å². The van der Waals surface area contributed by atoms with E-state index in [1.165, 1.54) is 96.0 Å². The highest BCUT2D eigenvalue weighted by atomic mass is 16.5. The van der Waals surface area contributed by atoms with Gasteiger partial charge in [0.2, 0.25) is 0 Å². The maximum Gasteiger partial charge on any atom is 0.339 e. The van der Waals surface area contributed by atoms with Gasteiger partial charge in [0.15, 0.2) is 0 Å². The van der Waals surface area contributed by atoms with Crippen molar-refractivity contribution in [3.63, 3.8) is 0 Å². The molecule has 0 aliphatic heterocycles. The molecule has 2 aromatic rings. The molecular formula is C34H52O6. The highest BCUT2D eigenvalue weighted by Gasteiger charge is 2.13. The summed E-state index contributed by atoms with van der Waals surface area (Å²) in [6.07, 6.45) is 21.9. The summed E-state index contributed by atoms with van der Waals surface area (Å²) in [5.74, 6) is 0.695. The highest BCUT2D eigenvalue weighted by Crippen LogP contribution is 2.25. The van der Waals surface area contributed by atoms with Gasteiger partial charge in [-0.05, 0) is 48.9 Å². The molecule has 0 aliphatic rings. The number of carboxylic acid groups (broad SMARTS) is 1. The fraction of sp³-hybridized carbons (Fsp3) is 0.618. The van der Waals surface area contributed by atoms with Crippen molar-refractivity contribution in [1.82, 2.24) is 0 Å². The summed E-state index contributed by atoms with van der Waals surface area (Å²) in [4.78, 5) is 11.7. The summed E-state index contributed by atoms with van der Waals surface area (Å²) in [5.41, 5.74) is 0.101. The monoisotopic (exact) mass is 556 g/mol. The van der Waals surface area contributed by atoms with Gasteiger partial charge >= 0.3 is 5.97 Å². The van der Waals surface area contributed by atoms with Crippen LogP contribution in [0.4, 0.5) is 0 Å². The van der Waals surface area contributed by atoms with E-state index >= 15 is 0 Å². The summed E-state index contributed by atoms with van der Waals surface area (Å²) < 4.78 is 17.1. The number of benzene rings is 2. The fourth-order valence-corrected chi connectivity index (χ4v) is 4.71. The van der Waals surface area contributed by atoms with E-state index < -0.39 is 5.97 Å². The molecule has 2 aromatic carbocycles.